The lowest BCUT2D eigenvalue weighted by Crippen LogP contribution is -2.46. The topological polar surface area (TPSA) is 90.7 Å². The van der Waals surface area contributed by atoms with Gasteiger partial charge in [0.15, 0.2) is 11.5 Å². The zero-order chi connectivity index (χ0) is 22.3. The number of fused-ring (bicyclic) bond motifs is 1. The Hall–Kier alpha value is -3.04. The number of benzene rings is 1. The molecule has 9 nitrogen and oxygen atoms in total. The van der Waals surface area contributed by atoms with E-state index in [2.05, 4.69) is 0 Å². The molecule has 1 unspecified atom stereocenters. The van der Waals surface area contributed by atoms with Crippen molar-refractivity contribution in [1.29, 1.82) is 0 Å². The summed E-state index contributed by atoms with van der Waals surface area (Å²) in [7, 11) is 1.47. The first-order valence-corrected chi connectivity index (χ1v) is 10.7. The van der Waals surface area contributed by atoms with E-state index in [9.17, 15) is 9.59 Å². The molecular weight excluding hydrogens is 416 g/mol. The second-order valence-electron chi connectivity index (χ2n) is 7.86. The number of methoxy groups -OCH3 is 1. The molecule has 1 atom stereocenters. The maximum absolute atomic E-state index is 13.4. The smallest absolute Gasteiger partial charge is 0.249 e. The number of carbonyl (C=O) groups excluding carboxylic acids is 2. The molecule has 4 rings (SSSR count). The lowest BCUT2D eigenvalue weighted by Gasteiger charge is -2.28. The van der Waals surface area contributed by atoms with Gasteiger partial charge in [0.25, 0.3) is 0 Å². The summed E-state index contributed by atoms with van der Waals surface area (Å²) in [6, 6.07) is 9.20. The van der Waals surface area contributed by atoms with Crippen LogP contribution in [-0.4, -0.2) is 67.9 Å². The van der Waals surface area contributed by atoms with Gasteiger partial charge in [0.1, 0.15) is 12.4 Å². The van der Waals surface area contributed by atoms with Crippen molar-refractivity contribution in [3.8, 4) is 11.5 Å². The molecule has 1 aromatic heterocycles. The van der Waals surface area contributed by atoms with E-state index < -0.39 is 0 Å². The molecule has 3 heterocycles. The monoisotopic (exact) mass is 444 g/mol. The number of rotatable bonds is 10. The van der Waals surface area contributed by atoms with Crippen molar-refractivity contribution in [2.24, 2.45) is 0 Å². The molecule has 0 radical (unpaired) electrons. The average Bonchev–Trinajstić information content (AvgIpc) is 3.55. The number of nitrogens with zero attached hydrogens (tertiary/aromatic N) is 2. The summed E-state index contributed by atoms with van der Waals surface area (Å²) in [5.41, 5.74) is 0.892. The van der Waals surface area contributed by atoms with E-state index in [0.29, 0.717) is 37.0 Å². The molecule has 9 heteroatoms. The summed E-state index contributed by atoms with van der Waals surface area (Å²) >= 11 is 0. The number of amides is 2. The molecule has 1 saturated heterocycles. The van der Waals surface area contributed by atoms with Gasteiger partial charge in [0, 0.05) is 26.8 Å². The second-order valence-corrected chi connectivity index (χ2v) is 7.86. The van der Waals surface area contributed by atoms with Crippen LogP contribution in [0.1, 0.15) is 24.2 Å². The standard InChI is InChI=1S/C23H28N2O7/c1-28-15-23(27)25(13-19-5-3-9-30-19)14-22(26)24(12-18-4-2-8-29-18)11-17-6-7-20-21(10-17)32-16-31-20/h2,4,6-8,10,19H,3,5,9,11-16H2,1H3. The van der Waals surface area contributed by atoms with Gasteiger partial charge in [-0.15, -0.1) is 0 Å². The van der Waals surface area contributed by atoms with Crippen molar-refractivity contribution < 1.29 is 33.0 Å². The minimum Gasteiger partial charge on any atom is -0.467 e. The molecule has 2 amide bonds. The Bertz CT molecular complexity index is 909. The van der Waals surface area contributed by atoms with Gasteiger partial charge in [-0.2, -0.15) is 0 Å². The highest BCUT2D eigenvalue weighted by molar-refractivity contribution is 5.85. The highest BCUT2D eigenvalue weighted by atomic mass is 16.7. The molecule has 0 aliphatic carbocycles. The molecule has 2 aliphatic rings. The Morgan fingerprint density at radius 1 is 1.09 bits per heavy atom. The maximum atomic E-state index is 13.4. The predicted octanol–water partition coefficient (Wildman–Crippen LogP) is 2.19. The van der Waals surface area contributed by atoms with Crippen LogP contribution in [0.2, 0.25) is 0 Å². The zero-order valence-electron chi connectivity index (χ0n) is 18.2. The first kappa shape index (κ1) is 22.2. The molecule has 0 spiro atoms. The number of hydrogen-bond acceptors (Lipinski definition) is 7. The van der Waals surface area contributed by atoms with Crippen molar-refractivity contribution >= 4 is 11.8 Å². The predicted molar refractivity (Wildman–Crippen MR) is 113 cm³/mol. The third kappa shape index (κ3) is 5.60. The Morgan fingerprint density at radius 2 is 1.97 bits per heavy atom. The fourth-order valence-corrected chi connectivity index (χ4v) is 3.85. The van der Waals surface area contributed by atoms with E-state index in [1.54, 1.807) is 17.2 Å². The Morgan fingerprint density at radius 3 is 2.72 bits per heavy atom. The fourth-order valence-electron chi connectivity index (χ4n) is 3.85. The molecule has 1 fully saturated rings. The highest BCUT2D eigenvalue weighted by Gasteiger charge is 2.27. The fraction of sp³-hybridized carbons (Fsp3) is 0.478. The first-order valence-electron chi connectivity index (χ1n) is 10.7. The quantitative estimate of drug-likeness (QED) is 0.555. The third-order valence-corrected chi connectivity index (χ3v) is 5.48. The molecule has 0 bridgehead atoms. The maximum Gasteiger partial charge on any atom is 0.249 e. The van der Waals surface area contributed by atoms with Crippen molar-refractivity contribution in [3.05, 3.63) is 47.9 Å². The molecule has 1 aromatic carbocycles. The van der Waals surface area contributed by atoms with Crippen molar-refractivity contribution in [1.82, 2.24) is 9.80 Å². The summed E-state index contributed by atoms with van der Waals surface area (Å²) in [6.07, 6.45) is 3.35. The lowest BCUT2D eigenvalue weighted by molar-refractivity contribution is -0.144. The Labute approximate surface area is 186 Å². The first-order chi connectivity index (χ1) is 15.6. The van der Waals surface area contributed by atoms with Crippen LogP contribution < -0.4 is 9.47 Å². The van der Waals surface area contributed by atoms with Gasteiger partial charge in [-0.25, -0.2) is 0 Å². The summed E-state index contributed by atoms with van der Waals surface area (Å²) in [5, 5.41) is 0. The summed E-state index contributed by atoms with van der Waals surface area (Å²) in [5.74, 6) is 1.57. The van der Waals surface area contributed by atoms with Gasteiger partial charge in [-0.1, -0.05) is 6.07 Å². The van der Waals surface area contributed by atoms with E-state index in [1.165, 1.54) is 12.0 Å². The third-order valence-electron chi connectivity index (χ3n) is 5.48. The molecule has 2 aliphatic heterocycles. The summed E-state index contributed by atoms with van der Waals surface area (Å²) in [4.78, 5) is 29.2. The van der Waals surface area contributed by atoms with Gasteiger partial charge in [-0.3, -0.25) is 9.59 Å². The summed E-state index contributed by atoms with van der Waals surface area (Å²) in [6.45, 7) is 1.71. The Kier molecular flexibility index (Phi) is 7.28. The van der Waals surface area contributed by atoms with Crippen LogP contribution in [0.15, 0.2) is 41.0 Å². The van der Waals surface area contributed by atoms with E-state index in [4.69, 9.17) is 23.4 Å². The lowest BCUT2D eigenvalue weighted by atomic mass is 10.1. The summed E-state index contributed by atoms with van der Waals surface area (Å²) < 4.78 is 27.0. The van der Waals surface area contributed by atoms with Crippen LogP contribution in [0, 0.1) is 0 Å². The number of ether oxygens (including phenoxy) is 4. The minimum atomic E-state index is -0.239. The van der Waals surface area contributed by atoms with Gasteiger partial charge in [0.05, 0.1) is 25.5 Å². The van der Waals surface area contributed by atoms with Gasteiger partial charge in [-0.05, 0) is 42.7 Å². The molecule has 0 N–H and O–H groups in total. The van der Waals surface area contributed by atoms with Crippen LogP contribution in [0.3, 0.4) is 0 Å². The van der Waals surface area contributed by atoms with Gasteiger partial charge >= 0.3 is 0 Å². The van der Waals surface area contributed by atoms with Crippen molar-refractivity contribution in [2.75, 3.05) is 40.2 Å². The van der Waals surface area contributed by atoms with Gasteiger partial charge in [0.2, 0.25) is 18.6 Å². The van der Waals surface area contributed by atoms with Crippen molar-refractivity contribution in [2.45, 2.75) is 32.0 Å². The van der Waals surface area contributed by atoms with Crippen LogP contribution in [0.5, 0.6) is 11.5 Å². The molecule has 32 heavy (non-hydrogen) atoms. The second kappa shape index (κ2) is 10.5. The molecule has 172 valence electrons. The molecule has 2 aromatic rings. The largest absolute Gasteiger partial charge is 0.467 e. The average molecular weight is 444 g/mol. The molecular formula is C23H28N2O7. The van der Waals surface area contributed by atoms with E-state index in [0.717, 1.165) is 18.4 Å². The molecule has 0 saturated carbocycles. The Balaban J connectivity index is 1.49. The highest BCUT2D eigenvalue weighted by Crippen LogP contribution is 2.33. The van der Waals surface area contributed by atoms with Crippen LogP contribution in [0.25, 0.3) is 0 Å². The van der Waals surface area contributed by atoms with Gasteiger partial charge < -0.3 is 33.2 Å². The van der Waals surface area contributed by atoms with E-state index in [1.807, 2.05) is 24.3 Å². The minimum absolute atomic E-state index is 0.0593. The van der Waals surface area contributed by atoms with E-state index >= 15 is 0 Å². The number of carbonyl (C=O) groups is 2. The van der Waals surface area contributed by atoms with Crippen LogP contribution >= 0.6 is 0 Å². The normalized spacial score (nSPS) is 16.8. The number of hydrogen-bond donors (Lipinski definition) is 0. The van der Waals surface area contributed by atoms with Crippen molar-refractivity contribution in [3.63, 3.8) is 0 Å². The SMILES string of the molecule is COCC(=O)N(CC(=O)N(Cc1ccc2c(c1)OCO2)Cc1ccco1)CC1CCCO1. The zero-order valence-corrected chi connectivity index (χ0v) is 18.2. The number of furan rings is 1. The van der Waals surface area contributed by atoms with Crippen LogP contribution in [0.4, 0.5) is 0 Å². The van der Waals surface area contributed by atoms with Crippen LogP contribution in [-0.2, 0) is 32.2 Å². The van der Waals surface area contributed by atoms with E-state index in [-0.39, 0.29) is 44.4 Å².